The number of carbonyl (C=O) groups is 1. The monoisotopic (exact) mass is 457 g/mol. The molecule has 0 atom stereocenters. The second-order valence-corrected chi connectivity index (χ2v) is 10.9. The summed E-state index contributed by atoms with van der Waals surface area (Å²) in [5.74, 6) is -0.238. The molecule has 10 heteroatoms. The number of aromatic nitrogens is 3. The third-order valence-corrected chi connectivity index (χ3v) is 7.92. The summed E-state index contributed by atoms with van der Waals surface area (Å²) < 4.78 is 26.8. The van der Waals surface area contributed by atoms with Gasteiger partial charge in [0.15, 0.2) is 5.13 Å². The van der Waals surface area contributed by atoms with Crippen molar-refractivity contribution in [2.75, 3.05) is 10.0 Å². The molecule has 2 N–H and O–H groups in total. The Kier molecular flexibility index (Phi) is 5.52. The van der Waals surface area contributed by atoms with Gasteiger partial charge in [0.25, 0.3) is 0 Å². The van der Waals surface area contributed by atoms with E-state index in [0.29, 0.717) is 24.2 Å². The van der Waals surface area contributed by atoms with E-state index in [9.17, 15) is 13.2 Å². The molecule has 0 spiro atoms. The maximum atomic E-state index is 12.9. The zero-order valence-corrected chi connectivity index (χ0v) is 19.0. The van der Waals surface area contributed by atoms with E-state index < -0.39 is 15.4 Å². The molecule has 2 heterocycles. The van der Waals surface area contributed by atoms with E-state index in [1.54, 1.807) is 31.6 Å². The standard InChI is InChI=1S/C21H23N5O3S2/c1-13-18(23-11-10-22-13)14-4-6-15(7-5-14)24-19(27)21(2,3)17-12-30-20(25-17)26-31(28,29)16-8-9-16/h4-7,10-12,16H,8-9H2,1-3H3,(H,24,27)(H,25,26). The van der Waals surface area contributed by atoms with Crippen LogP contribution in [0.2, 0.25) is 0 Å². The number of nitrogens with zero attached hydrogens (tertiary/aromatic N) is 3. The number of rotatable bonds is 7. The second-order valence-electron chi connectivity index (χ2n) is 8.03. The number of nitrogens with one attached hydrogen (secondary N) is 2. The van der Waals surface area contributed by atoms with E-state index in [0.717, 1.165) is 17.0 Å². The first-order valence-corrected chi connectivity index (χ1v) is 12.3. The van der Waals surface area contributed by atoms with Crippen LogP contribution in [0, 0.1) is 6.92 Å². The van der Waals surface area contributed by atoms with Gasteiger partial charge < -0.3 is 5.32 Å². The lowest BCUT2D eigenvalue weighted by Gasteiger charge is -2.21. The molecule has 1 aliphatic rings. The van der Waals surface area contributed by atoms with Gasteiger partial charge in [-0.05, 0) is 45.7 Å². The molecule has 1 amide bonds. The van der Waals surface area contributed by atoms with E-state index in [1.807, 2.05) is 31.2 Å². The number of anilines is 2. The van der Waals surface area contributed by atoms with Crippen molar-refractivity contribution in [3.05, 3.63) is 53.4 Å². The van der Waals surface area contributed by atoms with Crippen LogP contribution in [0.15, 0.2) is 42.0 Å². The molecule has 162 valence electrons. The molecule has 4 rings (SSSR count). The normalized spacial score (nSPS) is 14.3. The lowest BCUT2D eigenvalue weighted by Crippen LogP contribution is -2.35. The van der Waals surface area contributed by atoms with E-state index in [1.165, 1.54) is 11.3 Å². The van der Waals surface area contributed by atoms with Crippen LogP contribution in [0.3, 0.4) is 0 Å². The zero-order chi connectivity index (χ0) is 22.2. The fraction of sp³-hybridized carbons (Fsp3) is 0.333. The van der Waals surface area contributed by atoms with Gasteiger partial charge in [0, 0.05) is 29.0 Å². The quantitative estimate of drug-likeness (QED) is 0.559. The van der Waals surface area contributed by atoms with Crippen LogP contribution in [0.25, 0.3) is 11.3 Å². The molecule has 8 nitrogen and oxygen atoms in total. The van der Waals surface area contributed by atoms with Crippen molar-refractivity contribution in [1.29, 1.82) is 0 Å². The van der Waals surface area contributed by atoms with E-state index >= 15 is 0 Å². The van der Waals surface area contributed by atoms with Gasteiger partial charge in [-0.15, -0.1) is 11.3 Å². The zero-order valence-electron chi connectivity index (χ0n) is 17.4. The highest BCUT2D eigenvalue weighted by Crippen LogP contribution is 2.33. The van der Waals surface area contributed by atoms with E-state index in [4.69, 9.17) is 0 Å². The number of sulfonamides is 1. The molecular weight excluding hydrogens is 434 g/mol. The van der Waals surface area contributed by atoms with Crippen molar-refractivity contribution in [3.8, 4) is 11.3 Å². The van der Waals surface area contributed by atoms with Crippen molar-refractivity contribution >= 4 is 38.1 Å². The summed E-state index contributed by atoms with van der Waals surface area (Å²) >= 11 is 1.18. The Morgan fingerprint density at radius 3 is 2.45 bits per heavy atom. The SMILES string of the molecule is Cc1nccnc1-c1ccc(NC(=O)C(C)(C)c2csc(NS(=O)(=O)C3CC3)n2)cc1. The second kappa shape index (κ2) is 8.01. The van der Waals surface area contributed by atoms with Crippen LogP contribution in [0.5, 0.6) is 0 Å². The molecule has 0 bridgehead atoms. The van der Waals surface area contributed by atoms with Gasteiger partial charge in [-0.25, -0.2) is 13.4 Å². The molecule has 3 aromatic rings. The molecule has 0 unspecified atom stereocenters. The summed E-state index contributed by atoms with van der Waals surface area (Å²) in [6.45, 7) is 5.41. The van der Waals surface area contributed by atoms with E-state index in [-0.39, 0.29) is 16.3 Å². The highest BCUT2D eigenvalue weighted by Gasteiger charge is 2.37. The van der Waals surface area contributed by atoms with Crippen molar-refractivity contribution in [1.82, 2.24) is 15.0 Å². The van der Waals surface area contributed by atoms with Gasteiger partial charge in [-0.3, -0.25) is 19.5 Å². The Morgan fingerprint density at radius 2 is 1.81 bits per heavy atom. The number of amides is 1. The molecular formula is C21H23N5O3S2. The van der Waals surface area contributed by atoms with Gasteiger partial charge in [0.1, 0.15) is 0 Å². The van der Waals surface area contributed by atoms with Crippen molar-refractivity contribution < 1.29 is 13.2 Å². The third kappa shape index (κ3) is 4.59. The maximum Gasteiger partial charge on any atom is 0.237 e. The smallest absolute Gasteiger partial charge is 0.237 e. The average Bonchev–Trinajstić information content (AvgIpc) is 3.50. The van der Waals surface area contributed by atoms with E-state index in [2.05, 4.69) is 25.0 Å². The summed E-state index contributed by atoms with van der Waals surface area (Å²) in [4.78, 5) is 25.9. The summed E-state index contributed by atoms with van der Waals surface area (Å²) in [6.07, 6.45) is 4.65. The number of benzene rings is 1. The largest absolute Gasteiger partial charge is 0.325 e. The molecule has 31 heavy (non-hydrogen) atoms. The number of hydrogen-bond donors (Lipinski definition) is 2. The van der Waals surface area contributed by atoms with Crippen LogP contribution < -0.4 is 10.0 Å². The van der Waals surface area contributed by atoms with Gasteiger partial charge in [0.05, 0.1) is 27.7 Å². The molecule has 2 aromatic heterocycles. The molecule has 1 aliphatic carbocycles. The fourth-order valence-corrected chi connectivity index (χ4v) is 5.47. The Balaban J connectivity index is 1.46. The maximum absolute atomic E-state index is 12.9. The first-order chi connectivity index (χ1) is 14.7. The Morgan fingerprint density at radius 1 is 1.13 bits per heavy atom. The van der Waals surface area contributed by atoms with Crippen molar-refractivity contribution in [2.45, 2.75) is 44.3 Å². The predicted octanol–water partition coefficient (Wildman–Crippen LogP) is 3.73. The summed E-state index contributed by atoms with van der Waals surface area (Å²) in [5.41, 5.74) is 2.75. The van der Waals surface area contributed by atoms with Crippen LogP contribution in [0.4, 0.5) is 10.8 Å². The first kappa shape index (κ1) is 21.4. The lowest BCUT2D eigenvalue weighted by atomic mass is 9.89. The highest BCUT2D eigenvalue weighted by molar-refractivity contribution is 7.93. The molecule has 0 radical (unpaired) electrons. The third-order valence-electron chi connectivity index (χ3n) is 5.20. The number of hydrogen-bond acceptors (Lipinski definition) is 7. The van der Waals surface area contributed by atoms with Gasteiger partial charge in [0.2, 0.25) is 15.9 Å². The summed E-state index contributed by atoms with van der Waals surface area (Å²) in [5, 5.41) is 4.58. The van der Waals surface area contributed by atoms with Crippen molar-refractivity contribution in [2.24, 2.45) is 0 Å². The Labute approximate surface area is 185 Å². The Hall–Kier alpha value is -2.85. The molecule has 0 aliphatic heterocycles. The number of carbonyl (C=O) groups excluding carboxylic acids is 1. The number of thiazole rings is 1. The molecule has 0 saturated heterocycles. The van der Waals surface area contributed by atoms with Gasteiger partial charge in [-0.2, -0.15) is 0 Å². The minimum atomic E-state index is -3.38. The van der Waals surface area contributed by atoms with Crippen LogP contribution in [0.1, 0.15) is 38.1 Å². The number of aryl methyl sites for hydroxylation is 1. The molecule has 1 fully saturated rings. The fourth-order valence-electron chi connectivity index (χ4n) is 3.00. The summed E-state index contributed by atoms with van der Waals surface area (Å²) in [6, 6.07) is 7.39. The average molecular weight is 458 g/mol. The lowest BCUT2D eigenvalue weighted by molar-refractivity contribution is -0.120. The van der Waals surface area contributed by atoms with Gasteiger partial charge in [-0.1, -0.05) is 12.1 Å². The minimum Gasteiger partial charge on any atom is -0.325 e. The minimum absolute atomic E-state index is 0.238. The Bertz CT molecular complexity index is 1220. The topological polar surface area (TPSA) is 114 Å². The van der Waals surface area contributed by atoms with Crippen molar-refractivity contribution in [3.63, 3.8) is 0 Å². The van der Waals surface area contributed by atoms with Crippen LogP contribution in [-0.2, 0) is 20.2 Å². The van der Waals surface area contributed by atoms with Crippen LogP contribution >= 0.6 is 11.3 Å². The molecule has 1 saturated carbocycles. The molecule has 1 aromatic carbocycles. The van der Waals surface area contributed by atoms with Gasteiger partial charge >= 0.3 is 0 Å². The summed E-state index contributed by atoms with van der Waals surface area (Å²) in [7, 11) is -3.38. The highest BCUT2D eigenvalue weighted by atomic mass is 32.2. The predicted molar refractivity (Wildman–Crippen MR) is 122 cm³/mol. The first-order valence-electron chi connectivity index (χ1n) is 9.84. The van der Waals surface area contributed by atoms with Crippen LogP contribution in [-0.4, -0.2) is 34.5 Å².